The Kier molecular flexibility index (Phi) is 3.95. The van der Waals surface area contributed by atoms with E-state index in [2.05, 4.69) is 4.72 Å². The number of carbonyl (C=O) groups is 1. The summed E-state index contributed by atoms with van der Waals surface area (Å²) in [5, 5.41) is 8.81. The van der Waals surface area contributed by atoms with Crippen molar-refractivity contribution in [2.75, 3.05) is 17.6 Å². The number of sulfonamides is 1. The molecule has 6 nitrogen and oxygen atoms in total. The number of anilines is 1. The van der Waals surface area contributed by atoms with Crippen LogP contribution in [0.2, 0.25) is 0 Å². The van der Waals surface area contributed by atoms with E-state index in [-0.39, 0.29) is 22.8 Å². The maximum Gasteiger partial charge on any atom is 0.335 e. The Balaban J connectivity index is 3.19. The van der Waals surface area contributed by atoms with E-state index in [0.29, 0.717) is 0 Å². The van der Waals surface area contributed by atoms with Gasteiger partial charge in [0.05, 0.1) is 24.1 Å². The first-order valence-corrected chi connectivity index (χ1v) is 6.46. The molecule has 17 heavy (non-hydrogen) atoms. The number of carboxylic acid groups (broad SMARTS) is 1. The third-order valence-electron chi connectivity index (χ3n) is 2.09. The van der Waals surface area contributed by atoms with E-state index in [1.54, 1.807) is 0 Å². The third kappa shape index (κ3) is 3.35. The zero-order valence-corrected chi connectivity index (χ0v) is 10.2. The van der Waals surface area contributed by atoms with Crippen LogP contribution < -0.4 is 9.46 Å². The van der Waals surface area contributed by atoms with Gasteiger partial charge in [-0.25, -0.2) is 13.2 Å². The zero-order valence-electron chi connectivity index (χ0n) is 9.43. The summed E-state index contributed by atoms with van der Waals surface area (Å²) >= 11 is 0. The van der Waals surface area contributed by atoms with Crippen molar-refractivity contribution in [3.63, 3.8) is 0 Å². The molecule has 0 unspecified atom stereocenters. The summed E-state index contributed by atoms with van der Waals surface area (Å²) in [4.78, 5) is 10.8. The molecule has 0 bridgehead atoms. The van der Waals surface area contributed by atoms with Gasteiger partial charge >= 0.3 is 5.97 Å². The molecule has 0 fully saturated rings. The third-order valence-corrected chi connectivity index (χ3v) is 3.38. The van der Waals surface area contributed by atoms with Crippen LogP contribution in [0.4, 0.5) is 5.69 Å². The summed E-state index contributed by atoms with van der Waals surface area (Å²) in [6.07, 6.45) is 0. The van der Waals surface area contributed by atoms with Gasteiger partial charge in [0.25, 0.3) is 0 Å². The lowest BCUT2D eigenvalue weighted by Crippen LogP contribution is -2.15. The topological polar surface area (TPSA) is 92.7 Å². The highest BCUT2D eigenvalue weighted by atomic mass is 32.2. The molecule has 0 amide bonds. The summed E-state index contributed by atoms with van der Waals surface area (Å²) in [7, 11) is -2.10. The highest BCUT2D eigenvalue weighted by molar-refractivity contribution is 7.92. The quantitative estimate of drug-likeness (QED) is 0.827. The van der Waals surface area contributed by atoms with Gasteiger partial charge < -0.3 is 9.84 Å². The summed E-state index contributed by atoms with van der Waals surface area (Å²) in [5.41, 5.74) is 0.105. The summed E-state index contributed by atoms with van der Waals surface area (Å²) < 4.78 is 30.0. The minimum Gasteiger partial charge on any atom is -0.495 e. The molecule has 1 aromatic rings. The number of hydrogen-bond acceptors (Lipinski definition) is 4. The second kappa shape index (κ2) is 5.05. The SMILES string of the molecule is CCS(=O)(=O)Nc1cc(C(=O)O)ccc1OC. The Morgan fingerprint density at radius 1 is 1.47 bits per heavy atom. The molecule has 0 atom stereocenters. The van der Waals surface area contributed by atoms with Crippen molar-refractivity contribution < 1.29 is 23.1 Å². The van der Waals surface area contributed by atoms with E-state index in [9.17, 15) is 13.2 Å². The van der Waals surface area contributed by atoms with E-state index in [0.717, 1.165) is 0 Å². The van der Waals surface area contributed by atoms with Crippen molar-refractivity contribution in [2.24, 2.45) is 0 Å². The maximum absolute atomic E-state index is 11.4. The van der Waals surface area contributed by atoms with Crippen molar-refractivity contribution >= 4 is 21.7 Å². The normalized spacial score (nSPS) is 10.9. The van der Waals surface area contributed by atoms with Gasteiger partial charge in [-0.15, -0.1) is 0 Å². The number of rotatable bonds is 5. The van der Waals surface area contributed by atoms with Gasteiger partial charge in [-0.2, -0.15) is 0 Å². The molecule has 0 radical (unpaired) electrons. The standard InChI is InChI=1S/C10H13NO5S/c1-3-17(14,15)11-8-6-7(10(12)13)4-5-9(8)16-2/h4-6,11H,3H2,1-2H3,(H,12,13). The Morgan fingerprint density at radius 2 is 2.12 bits per heavy atom. The van der Waals surface area contributed by atoms with E-state index < -0.39 is 16.0 Å². The van der Waals surface area contributed by atoms with Crippen LogP contribution in [-0.4, -0.2) is 32.4 Å². The molecular formula is C10H13NO5S. The lowest BCUT2D eigenvalue weighted by molar-refractivity contribution is 0.0697. The number of benzene rings is 1. The lowest BCUT2D eigenvalue weighted by Gasteiger charge is -2.11. The number of ether oxygens (including phenoxy) is 1. The van der Waals surface area contributed by atoms with E-state index in [1.165, 1.54) is 32.2 Å². The molecule has 1 aromatic carbocycles. The van der Waals surface area contributed by atoms with Gasteiger partial charge in [-0.1, -0.05) is 0 Å². The Bertz CT molecular complexity index is 523. The average molecular weight is 259 g/mol. The van der Waals surface area contributed by atoms with Gasteiger partial charge in [0.15, 0.2) is 0 Å². The molecule has 0 saturated heterocycles. The number of aromatic carboxylic acids is 1. The fourth-order valence-electron chi connectivity index (χ4n) is 1.16. The first-order valence-electron chi connectivity index (χ1n) is 4.81. The van der Waals surface area contributed by atoms with Crippen molar-refractivity contribution in [1.29, 1.82) is 0 Å². The van der Waals surface area contributed by atoms with E-state index in [1.807, 2.05) is 0 Å². The smallest absolute Gasteiger partial charge is 0.335 e. The maximum atomic E-state index is 11.4. The van der Waals surface area contributed by atoms with Crippen molar-refractivity contribution in [1.82, 2.24) is 0 Å². The van der Waals surface area contributed by atoms with E-state index >= 15 is 0 Å². The summed E-state index contributed by atoms with van der Waals surface area (Å²) in [6, 6.07) is 3.95. The van der Waals surface area contributed by atoms with Crippen LogP contribution in [0.25, 0.3) is 0 Å². The second-order valence-electron chi connectivity index (χ2n) is 3.23. The molecule has 0 aliphatic rings. The molecule has 94 valence electrons. The molecule has 2 N–H and O–H groups in total. The van der Waals surface area contributed by atoms with Crippen LogP contribution in [0, 0.1) is 0 Å². The number of methoxy groups -OCH3 is 1. The van der Waals surface area contributed by atoms with Crippen LogP contribution >= 0.6 is 0 Å². The van der Waals surface area contributed by atoms with Gasteiger partial charge in [-0.05, 0) is 25.1 Å². The molecule has 1 rings (SSSR count). The molecular weight excluding hydrogens is 246 g/mol. The van der Waals surface area contributed by atoms with Gasteiger partial charge in [0, 0.05) is 0 Å². The molecule has 0 heterocycles. The van der Waals surface area contributed by atoms with Crippen LogP contribution in [-0.2, 0) is 10.0 Å². The molecule has 7 heteroatoms. The summed E-state index contributed by atoms with van der Waals surface area (Å²) in [5.74, 6) is -0.968. The van der Waals surface area contributed by atoms with Gasteiger partial charge in [0.1, 0.15) is 5.75 Å². The highest BCUT2D eigenvalue weighted by Crippen LogP contribution is 2.26. The second-order valence-corrected chi connectivity index (χ2v) is 5.24. The largest absolute Gasteiger partial charge is 0.495 e. The van der Waals surface area contributed by atoms with Crippen LogP contribution in [0.15, 0.2) is 18.2 Å². The van der Waals surface area contributed by atoms with E-state index in [4.69, 9.17) is 9.84 Å². The molecule has 0 aliphatic heterocycles. The predicted octanol–water partition coefficient (Wildman–Crippen LogP) is 1.16. The van der Waals surface area contributed by atoms with Crippen LogP contribution in [0.5, 0.6) is 5.75 Å². The van der Waals surface area contributed by atoms with Crippen molar-refractivity contribution in [2.45, 2.75) is 6.92 Å². The highest BCUT2D eigenvalue weighted by Gasteiger charge is 2.13. The monoisotopic (exact) mass is 259 g/mol. The van der Waals surface area contributed by atoms with Crippen LogP contribution in [0.3, 0.4) is 0 Å². The fourth-order valence-corrected chi connectivity index (χ4v) is 1.80. The average Bonchev–Trinajstić information content (AvgIpc) is 2.28. The van der Waals surface area contributed by atoms with Crippen molar-refractivity contribution in [3.05, 3.63) is 23.8 Å². The summed E-state index contributed by atoms with van der Waals surface area (Å²) in [6.45, 7) is 1.48. The molecule has 0 saturated carbocycles. The van der Waals surface area contributed by atoms with Gasteiger partial charge in [-0.3, -0.25) is 4.72 Å². The van der Waals surface area contributed by atoms with Crippen LogP contribution in [0.1, 0.15) is 17.3 Å². The lowest BCUT2D eigenvalue weighted by atomic mass is 10.2. The number of carboxylic acids is 1. The number of hydrogen-bond donors (Lipinski definition) is 2. The van der Waals surface area contributed by atoms with Crippen molar-refractivity contribution in [3.8, 4) is 5.75 Å². The predicted molar refractivity (Wildman–Crippen MR) is 63.0 cm³/mol. The molecule has 0 aromatic heterocycles. The zero-order chi connectivity index (χ0) is 13.1. The number of nitrogens with one attached hydrogen (secondary N) is 1. The first kappa shape index (κ1) is 13.3. The fraction of sp³-hybridized carbons (Fsp3) is 0.300. The Hall–Kier alpha value is -1.76. The first-order chi connectivity index (χ1) is 7.89. The Labute approximate surface area is 99.3 Å². The van der Waals surface area contributed by atoms with Gasteiger partial charge in [0.2, 0.25) is 10.0 Å². The molecule has 0 spiro atoms. The molecule has 0 aliphatic carbocycles. The minimum absolute atomic E-state index is 0.0143. The minimum atomic E-state index is -3.47. The Morgan fingerprint density at radius 3 is 2.59 bits per heavy atom.